The third-order valence-corrected chi connectivity index (χ3v) is 10.6. The number of anilines is 1. The monoisotopic (exact) mass is 714 g/mol. The summed E-state index contributed by atoms with van der Waals surface area (Å²) in [5.74, 6) is -2.01. The Hall–Kier alpha value is -5.70. The number of carboxylic acid groups (broad SMARTS) is 1. The lowest BCUT2D eigenvalue weighted by Gasteiger charge is -2.27. The van der Waals surface area contributed by atoms with Crippen LogP contribution in [0.1, 0.15) is 27.0 Å². The number of nitrogens with zero attached hydrogens (tertiary/aromatic N) is 1. The van der Waals surface area contributed by atoms with Crippen LogP contribution in [-0.2, 0) is 27.8 Å². The summed E-state index contributed by atoms with van der Waals surface area (Å²) >= 11 is 6.38. The molecule has 0 aliphatic rings. The molecule has 6 aromatic rings. The molecule has 0 unspecified atom stereocenters. The van der Waals surface area contributed by atoms with Crippen LogP contribution >= 0.6 is 11.6 Å². The molecular formula is C42H35ClN2O5S. The zero-order valence-electron chi connectivity index (χ0n) is 27.7. The van der Waals surface area contributed by atoms with Crippen LogP contribution in [0, 0.1) is 6.92 Å². The van der Waals surface area contributed by atoms with Crippen LogP contribution in [0.2, 0.25) is 5.02 Å². The van der Waals surface area contributed by atoms with Gasteiger partial charge < -0.3 is 10.4 Å². The molecule has 0 aliphatic carbocycles. The quantitative estimate of drug-likeness (QED) is 0.132. The lowest BCUT2D eigenvalue weighted by molar-refractivity contribution is -0.139. The Balaban J connectivity index is 1.33. The van der Waals surface area contributed by atoms with Crippen molar-refractivity contribution in [3.63, 3.8) is 0 Å². The van der Waals surface area contributed by atoms with Gasteiger partial charge in [0.15, 0.2) is 0 Å². The van der Waals surface area contributed by atoms with Crippen molar-refractivity contribution in [3.05, 3.63) is 179 Å². The van der Waals surface area contributed by atoms with Crippen LogP contribution in [0.15, 0.2) is 157 Å². The van der Waals surface area contributed by atoms with Gasteiger partial charge in [0.25, 0.3) is 15.9 Å². The predicted octanol–water partition coefficient (Wildman–Crippen LogP) is 8.80. The largest absolute Gasteiger partial charge is 0.480 e. The molecule has 7 nitrogen and oxygen atoms in total. The van der Waals surface area contributed by atoms with Crippen molar-refractivity contribution in [2.24, 2.45) is 0 Å². The number of rotatable bonds is 12. The zero-order chi connectivity index (χ0) is 36.0. The Morgan fingerprint density at radius 3 is 1.75 bits per heavy atom. The minimum Gasteiger partial charge on any atom is -0.480 e. The van der Waals surface area contributed by atoms with Gasteiger partial charge in [-0.3, -0.25) is 9.10 Å². The van der Waals surface area contributed by atoms with E-state index in [0.717, 1.165) is 27.8 Å². The number of nitrogens with one attached hydrogen (secondary N) is 1. The Kier molecular flexibility index (Phi) is 10.7. The minimum absolute atomic E-state index is 0.00514. The van der Waals surface area contributed by atoms with Crippen LogP contribution in [0.4, 0.5) is 5.69 Å². The molecule has 1 atom stereocenters. The number of aryl methyl sites for hydroxylation is 1. The highest BCUT2D eigenvalue weighted by molar-refractivity contribution is 7.92. The van der Waals surface area contributed by atoms with E-state index in [1.807, 2.05) is 116 Å². The fourth-order valence-corrected chi connectivity index (χ4v) is 7.42. The highest BCUT2D eigenvalue weighted by Gasteiger charge is 2.31. The molecule has 0 radical (unpaired) electrons. The molecule has 0 saturated heterocycles. The van der Waals surface area contributed by atoms with Gasteiger partial charge in [-0.1, -0.05) is 138 Å². The first-order valence-electron chi connectivity index (χ1n) is 16.3. The molecule has 2 N–H and O–H groups in total. The summed E-state index contributed by atoms with van der Waals surface area (Å²) in [5.41, 5.74) is 6.16. The molecular weight excluding hydrogens is 680 g/mol. The van der Waals surface area contributed by atoms with E-state index in [9.17, 15) is 23.1 Å². The number of carbonyl (C=O) groups is 2. The van der Waals surface area contributed by atoms with Crippen molar-refractivity contribution < 1.29 is 23.1 Å². The van der Waals surface area contributed by atoms with Crippen LogP contribution in [-0.4, -0.2) is 31.4 Å². The summed E-state index contributed by atoms with van der Waals surface area (Å²) in [7, 11) is -4.26. The first kappa shape index (κ1) is 35.1. The van der Waals surface area contributed by atoms with Gasteiger partial charge >= 0.3 is 5.97 Å². The van der Waals surface area contributed by atoms with Crippen LogP contribution in [0.3, 0.4) is 0 Å². The lowest BCUT2D eigenvalue weighted by atomic mass is 10.0. The molecule has 1 amide bonds. The second-order valence-corrected chi connectivity index (χ2v) is 14.5. The number of sulfonamides is 1. The van der Waals surface area contributed by atoms with Crippen molar-refractivity contribution >= 4 is 39.2 Å². The summed E-state index contributed by atoms with van der Waals surface area (Å²) in [6.07, 6.45) is 0.00514. The van der Waals surface area contributed by atoms with Crippen molar-refractivity contribution in [2.75, 3.05) is 4.31 Å². The summed E-state index contributed by atoms with van der Waals surface area (Å²) in [4.78, 5) is 26.4. The number of halogens is 1. The lowest BCUT2D eigenvalue weighted by Crippen LogP contribution is -2.43. The fourth-order valence-electron chi connectivity index (χ4n) is 5.78. The Labute approximate surface area is 302 Å². The molecule has 6 aromatic carbocycles. The summed E-state index contributed by atoms with van der Waals surface area (Å²) in [5, 5.41) is 13.0. The molecule has 0 heterocycles. The number of benzene rings is 6. The normalized spacial score (nSPS) is 11.8. The second kappa shape index (κ2) is 15.5. The van der Waals surface area contributed by atoms with Gasteiger partial charge in [-0.2, -0.15) is 0 Å². The number of hydrogen-bond acceptors (Lipinski definition) is 4. The fraction of sp³-hybridized carbons (Fsp3) is 0.0952. The summed E-state index contributed by atoms with van der Waals surface area (Å²) < 4.78 is 30.1. The number of carbonyl (C=O) groups excluding carboxylic acids is 1. The second-order valence-electron chi connectivity index (χ2n) is 12.2. The number of hydrogen-bond donors (Lipinski definition) is 2. The Bertz CT molecular complexity index is 2240. The van der Waals surface area contributed by atoms with E-state index in [4.69, 9.17) is 11.6 Å². The zero-order valence-corrected chi connectivity index (χ0v) is 29.3. The van der Waals surface area contributed by atoms with Gasteiger partial charge in [0.1, 0.15) is 6.04 Å². The molecule has 51 heavy (non-hydrogen) atoms. The molecule has 0 aliphatic heterocycles. The van der Waals surface area contributed by atoms with E-state index < -0.39 is 27.9 Å². The van der Waals surface area contributed by atoms with Gasteiger partial charge in [-0.15, -0.1) is 0 Å². The first-order valence-corrected chi connectivity index (χ1v) is 18.1. The molecule has 0 aromatic heterocycles. The highest BCUT2D eigenvalue weighted by atomic mass is 35.5. The Morgan fingerprint density at radius 1 is 0.686 bits per heavy atom. The van der Waals surface area contributed by atoms with E-state index in [0.29, 0.717) is 11.1 Å². The SMILES string of the molecule is Cc1ccc(CN(c2ccc(Cl)cc2C(=O)N[C@@H](Cc2ccc(-c3ccccc3)cc2)C(=O)O)S(=O)(=O)c2ccc(-c3ccccc3)cc2)cc1. The topological polar surface area (TPSA) is 104 Å². The molecule has 9 heteroatoms. The van der Waals surface area contributed by atoms with E-state index >= 15 is 0 Å². The van der Waals surface area contributed by atoms with E-state index in [-0.39, 0.29) is 34.1 Å². The number of carboxylic acids is 1. The van der Waals surface area contributed by atoms with E-state index in [1.165, 1.54) is 22.5 Å². The molecule has 0 bridgehead atoms. The molecule has 256 valence electrons. The molecule has 0 fully saturated rings. The van der Waals surface area contributed by atoms with Crippen molar-refractivity contribution in [2.45, 2.75) is 30.8 Å². The molecule has 0 spiro atoms. The van der Waals surface area contributed by atoms with Crippen molar-refractivity contribution in [3.8, 4) is 22.3 Å². The maximum atomic E-state index is 14.5. The summed E-state index contributed by atoms with van der Waals surface area (Å²) in [6, 6.07) is 43.9. The third-order valence-electron chi connectivity index (χ3n) is 8.57. The molecule has 0 saturated carbocycles. The van der Waals surface area contributed by atoms with Crippen LogP contribution in [0.25, 0.3) is 22.3 Å². The van der Waals surface area contributed by atoms with Gasteiger partial charge in [-0.25, -0.2) is 13.2 Å². The number of amides is 1. The van der Waals surface area contributed by atoms with Gasteiger partial charge in [0.2, 0.25) is 0 Å². The minimum atomic E-state index is -4.26. The van der Waals surface area contributed by atoms with Gasteiger partial charge in [0.05, 0.1) is 22.7 Å². The van der Waals surface area contributed by atoms with Crippen LogP contribution in [0.5, 0.6) is 0 Å². The smallest absolute Gasteiger partial charge is 0.326 e. The summed E-state index contributed by atoms with van der Waals surface area (Å²) in [6.45, 7) is 1.84. The van der Waals surface area contributed by atoms with E-state index in [1.54, 1.807) is 24.3 Å². The maximum absolute atomic E-state index is 14.5. The standard InChI is InChI=1S/C42H35ClN2O5S/c1-29-12-14-31(15-13-29)28-45(51(49,50)37-23-20-35(21-24-37)33-10-6-3-7-11-33)40-25-22-36(43)27-38(40)41(46)44-39(42(47)48)26-30-16-18-34(19-17-30)32-8-4-2-5-9-32/h2-25,27,39H,26,28H2,1H3,(H,44,46)(H,47,48)/t39-/m0/s1. The molecule has 6 rings (SSSR count). The van der Waals surface area contributed by atoms with E-state index in [2.05, 4.69) is 5.32 Å². The maximum Gasteiger partial charge on any atom is 0.326 e. The van der Waals surface area contributed by atoms with Crippen LogP contribution < -0.4 is 9.62 Å². The Morgan fingerprint density at radius 2 is 1.20 bits per heavy atom. The average Bonchev–Trinajstić information content (AvgIpc) is 3.15. The van der Waals surface area contributed by atoms with Gasteiger partial charge in [-0.05, 0) is 70.6 Å². The van der Waals surface area contributed by atoms with Crippen molar-refractivity contribution in [1.82, 2.24) is 5.32 Å². The van der Waals surface area contributed by atoms with Gasteiger partial charge in [0, 0.05) is 11.4 Å². The number of aliphatic carboxylic acids is 1. The third kappa shape index (κ3) is 8.37. The first-order chi connectivity index (χ1) is 24.6. The average molecular weight is 715 g/mol. The highest BCUT2D eigenvalue weighted by Crippen LogP contribution is 2.32. The predicted molar refractivity (Wildman–Crippen MR) is 202 cm³/mol. The van der Waals surface area contributed by atoms with Crippen molar-refractivity contribution in [1.29, 1.82) is 0 Å².